The van der Waals surface area contributed by atoms with Crippen LogP contribution in [0.2, 0.25) is 0 Å². The SMILES string of the molecule is COCc1ccc(CCCS)cc1. The topological polar surface area (TPSA) is 9.23 Å². The van der Waals surface area contributed by atoms with Crippen molar-refractivity contribution in [1.29, 1.82) is 0 Å². The minimum Gasteiger partial charge on any atom is -0.380 e. The molecule has 0 N–H and O–H groups in total. The lowest BCUT2D eigenvalue weighted by atomic mass is 10.1. The molecule has 0 saturated heterocycles. The third-order valence-electron chi connectivity index (χ3n) is 1.96. The van der Waals surface area contributed by atoms with Crippen molar-refractivity contribution in [3.05, 3.63) is 35.4 Å². The summed E-state index contributed by atoms with van der Waals surface area (Å²) in [5.41, 5.74) is 2.62. The molecule has 0 spiro atoms. The van der Waals surface area contributed by atoms with E-state index in [4.69, 9.17) is 4.74 Å². The Hall–Kier alpha value is -0.470. The molecular weight excluding hydrogens is 180 g/mol. The lowest BCUT2D eigenvalue weighted by molar-refractivity contribution is 0.185. The van der Waals surface area contributed by atoms with Crippen LogP contribution in [0.4, 0.5) is 0 Å². The molecule has 0 saturated carbocycles. The van der Waals surface area contributed by atoms with Gasteiger partial charge < -0.3 is 4.74 Å². The van der Waals surface area contributed by atoms with Gasteiger partial charge >= 0.3 is 0 Å². The Kier molecular flexibility index (Phi) is 4.94. The summed E-state index contributed by atoms with van der Waals surface area (Å²) in [4.78, 5) is 0. The first-order valence-electron chi connectivity index (χ1n) is 4.54. The van der Waals surface area contributed by atoms with E-state index in [0.29, 0.717) is 6.61 Å². The highest BCUT2D eigenvalue weighted by atomic mass is 32.1. The van der Waals surface area contributed by atoms with Crippen molar-refractivity contribution >= 4 is 12.6 Å². The summed E-state index contributed by atoms with van der Waals surface area (Å²) >= 11 is 4.18. The summed E-state index contributed by atoms with van der Waals surface area (Å²) in [6.45, 7) is 0.701. The van der Waals surface area contributed by atoms with Crippen molar-refractivity contribution in [2.75, 3.05) is 12.9 Å². The highest BCUT2D eigenvalue weighted by molar-refractivity contribution is 7.80. The van der Waals surface area contributed by atoms with Gasteiger partial charge in [0.1, 0.15) is 0 Å². The van der Waals surface area contributed by atoms with E-state index in [1.165, 1.54) is 11.1 Å². The van der Waals surface area contributed by atoms with Crippen molar-refractivity contribution in [3.8, 4) is 0 Å². The third-order valence-corrected chi connectivity index (χ3v) is 2.27. The predicted molar refractivity (Wildman–Crippen MR) is 59.3 cm³/mol. The molecule has 0 aliphatic heterocycles. The molecule has 0 aromatic heterocycles. The van der Waals surface area contributed by atoms with Crippen molar-refractivity contribution in [1.82, 2.24) is 0 Å². The monoisotopic (exact) mass is 196 g/mol. The number of rotatable bonds is 5. The second-order valence-corrected chi connectivity index (χ2v) is 3.52. The van der Waals surface area contributed by atoms with Crippen LogP contribution >= 0.6 is 12.6 Å². The minimum atomic E-state index is 0.701. The van der Waals surface area contributed by atoms with Gasteiger partial charge in [-0.2, -0.15) is 12.6 Å². The average molecular weight is 196 g/mol. The van der Waals surface area contributed by atoms with Gasteiger partial charge in [-0.3, -0.25) is 0 Å². The third kappa shape index (κ3) is 3.83. The van der Waals surface area contributed by atoms with Crippen LogP contribution in [0.1, 0.15) is 17.5 Å². The van der Waals surface area contributed by atoms with Crippen LogP contribution in [0.15, 0.2) is 24.3 Å². The van der Waals surface area contributed by atoms with Crippen LogP contribution in [0.5, 0.6) is 0 Å². The molecule has 0 bridgehead atoms. The summed E-state index contributed by atoms with van der Waals surface area (Å²) in [5, 5.41) is 0. The molecule has 1 nitrogen and oxygen atoms in total. The smallest absolute Gasteiger partial charge is 0.0713 e. The Morgan fingerprint density at radius 1 is 1.15 bits per heavy atom. The number of ether oxygens (including phenoxy) is 1. The van der Waals surface area contributed by atoms with E-state index in [-0.39, 0.29) is 0 Å². The molecule has 0 heterocycles. The summed E-state index contributed by atoms with van der Waals surface area (Å²) in [5.74, 6) is 0.958. The summed E-state index contributed by atoms with van der Waals surface area (Å²) in [7, 11) is 1.72. The van der Waals surface area contributed by atoms with Crippen LogP contribution in [0.3, 0.4) is 0 Å². The van der Waals surface area contributed by atoms with Gasteiger partial charge in [-0.15, -0.1) is 0 Å². The molecule has 0 atom stereocenters. The number of thiol groups is 1. The lowest BCUT2D eigenvalue weighted by Crippen LogP contribution is -1.90. The molecule has 0 unspecified atom stereocenters. The van der Waals surface area contributed by atoms with Crippen LogP contribution in [0, 0.1) is 0 Å². The van der Waals surface area contributed by atoms with Gasteiger partial charge in [-0.05, 0) is 29.7 Å². The van der Waals surface area contributed by atoms with Crippen molar-refractivity contribution in [3.63, 3.8) is 0 Å². The van der Waals surface area contributed by atoms with E-state index in [1.54, 1.807) is 7.11 Å². The molecule has 0 aliphatic carbocycles. The van der Waals surface area contributed by atoms with Crippen molar-refractivity contribution in [2.24, 2.45) is 0 Å². The van der Waals surface area contributed by atoms with E-state index in [2.05, 4.69) is 36.9 Å². The molecular formula is C11H16OS. The van der Waals surface area contributed by atoms with E-state index in [1.807, 2.05) is 0 Å². The van der Waals surface area contributed by atoms with E-state index >= 15 is 0 Å². The number of methoxy groups -OCH3 is 1. The molecule has 1 aromatic rings. The zero-order valence-corrected chi connectivity index (χ0v) is 8.89. The number of hydrogen-bond donors (Lipinski definition) is 1. The Morgan fingerprint density at radius 3 is 2.31 bits per heavy atom. The lowest BCUT2D eigenvalue weighted by Gasteiger charge is -2.02. The fraction of sp³-hybridized carbons (Fsp3) is 0.455. The van der Waals surface area contributed by atoms with Crippen molar-refractivity contribution < 1.29 is 4.74 Å². The molecule has 0 aliphatic rings. The largest absolute Gasteiger partial charge is 0.380 e. The first-order chi connectivity index (χ1) is 6.36. The van der Waals surface area contributed by atoms with E-state index < -0.39 is 0 Å². The second-order valence-electron chi connectivity index (χ2n) is 3.08. The van der Waals surface area contributed by atoms with Gasteiger partial charge in [-0.1, -0.05) is 24.3 Å². The molecule has 1 aromatic carbocycles. The first-order valence-corrected chi connectivity index (χ1v) is 5.17. The van der Waals surface area contributed by atoms with Gasteiger partial charge in [0, 0.05) is 7.11 Å². The van der Waals surface area contributed by atoms with E-state index in [0.717, 1.165) is 18.6 Å². The maximum Gasteiger partial charge on any atom is 0.0713 e. The molecule has 0 radical (unpaired) electrons. The van der Waals surface area contributed by atoms with Gasteiger partial charge in [0.05, 0.1) is 6.61 Å². The zero-order chi connectivity index (χ0) is 9.52. The molecule has 72 valence electrons. The van der Waals surface area contributed by atoms with Crippen LogP contribution in [-0.4, -0.2) is 12.9 Å². The summed E-state index contributed by atoms with van der Waals surface area (Å²) in [6.07, 6.45) is 2.27. The van der Waals surface area contributed by atoms with Crippen LogP contribution < -0.4 is 0 Å². The summed E-state index contributed by atoms with van der Waals surface area (Å²) in [6, 6.07) is 8.57. The van der Waals surface area contributed by atoms with Gasteiger partial charge in [0.2, 0.25) is 0 Å². The Bertz CT molecular complexity index is 230. The minimum absolute atomic E-state index is 0.701. The standard InChI is InChI=1S/C11H16OS/c1-12-9-11-6-4-10(5-7-11)3-2-8-13/h4-7,13H,2-3,8-9H2,1H3. The average Bonchev–Trinajstić information content (AvgIpc) is 2.17. The van der Waals surface area contributed by atoms with Gasteiger partial charge in [0.25, 0.3) is 0 Å². The van der Waals surface area contributed by atoms with Crippen LogP contribution in [0.25, 0.3) is 0 Å². The van der Waals surface area contributed by atoms with Crippen LogP contribution in [-0.2, 0) is 17.8 Å². The molecule has 0 amide bonds. The molecule has 0 fully saturated rings. The zero-order valence-electron chi connectivity index (χ0n) is 7.99. The number of hydrogen-bond acceptors (Lipinski definition) is 2. The van der Waals surface area contributed by atoms with E-state index in [9.17, 15) is 0 Å². The Balaban J connectivity index is 2.48. The fourth-order valence-electron chi connectivity index (χ4n) is 1.25. The fourth-order valence-corrected chi connectivity index (χ4v) is 1.41. The summed E-state index contributed by atoms with van der Waals surface area (Å²) < 4.78 is 5.04. The maximum absolute atomic E-state index is 5.04. The van der Waals surface area contributed by atoms with Crippen molar-refractivity contribution in [2.45, 2.75) is 19.4 Å². The Morgan fingerprint density at radius 2 is 1.77 bits per heavy atom. The second kappa shape index (κ2) is 6.06. The number of benzene rings is 1. The highest BCUT2D eigenvalue weighted by Crippen LogP contribution is 2.07. The molecule has 2 heteroatoms. The van der Waals surface area contributed by atoms with Gasteiger partial charge in [-0.25, -0.2) is 0 Å². The number of aryl methyl sites for hydroxylation is 1. The Labute approximate surface area is 85.5 Å². The molecule has 1 rings (SSSR count). The first kappa shape index (κ1) is 10.6. The predicted octanol–water partition coefficient (Wildman–Crippen LogP) is 2.70. The normalized spacial score (nSPS) is 10.3. The quantitative estimate of drug-likeness (QED) is 0.712. The highest BCUT2D eigenvalue weighted by Gasteiger charge is 1.93. The maximum atomic E-state index is 5.04. The molecule has 13 heavy (non-hydrogen) atoms. The van der Waals surface area contributed by atoms with Gasteiger partial charge in [0.15, 0.2) is 0 Å².